The summed E-state index contributed by atoms with van der Waals surface area (Å²) in [5, 5.41) is 2.93. The lowest BCUT2D eigenvalue weighted by atomic mass is 10.1. The number of benzene rings is 3. The van der Waals surface area contributed by atoms with Crippen LogP contribution in [0.4, 0.5) is 5.69 Å². The number of nitrogens with zero attached hydrogens (tertiary/aromatic N) is 1. The molecule has 0 aromatic heterocycles. The van der Waals surface area contributed by atoms with E-state index in [0.29, 0.717) is 30.2 Å². The molecule has 0 heterocycles. The van der Waals surface area contributed by atoms with Crippen molar-refractivity contribution in [2.75, 3.05) is 25.4 Å². The van der Waals surface area contributed by atoms with Crippen LogP contribution in [-0.4, -0.2) is 39.9 Å². The lowest BCUT2D eigenvalue weighted by Gasteiger charge is -2.15. The number of sulfonamides is 1. The highest BCUT2D eigenvalue weighted by molar-refractivity contribution is 7.92. The maximum atomic E-state index is 12.6. The summed E-state index contributed by atoms with van der Waals surface area (Å²) in [6.07, 6.45) is 0. The van der Waals surface area contributed by atoms with Crippen molar-refractivity contribution in [2.45, 2.75) is 24.9 Å². The summed E-state index contributed by atoms with van der Waals surface area (Å²) in [5.74, 6) is 0.381. The predicted molar refractivity (Wildman–Crippen MR) is 130 cm³/mol. The Balaban J connectivity index is 1.62. The van der Waals surface area contributed by atoms with Crippen LogP contribution in [0.25, 0.3) is 0 Å². The molecule has 3 aromatic carbocycles. The first-order valence-electron chi connectivity index (χ1n) is 10.6. The Hall–Kier alpha value is -3.36. The molecule has 0 saturated carbocycles. The fraction of sp³-hybridized carbons (Fsp3) is 0.240. The van der Waals surface area contributed by atoms with Gasteiger partial charge >= 0.3 is 0 Å². The first-order valence-corrected chi connectivity index (χ1v) is 12.1. The van der Waals surface area contributed by atoms with Gasteiger partial charge in [-0.05, 0) is 80.7 Å². The zero-order valence-electron chi connectivity index (χ0n) is 19.0. The second-order valence-electron chi connectivity index (χ2n) is 7.78. The predicted octanol–water partition coefficient (Wildman–Crippen LogP) is 3.88. The maximum Gasteiger partial charge on any atom is 0.261 e. The third-order valence-corrected chi connectivity index (χ3v) is 6.29. The first-order chi connectivity index (χ1) is 15.8. The molecule has 0 spiro atoms. The number of rotatable bonds is 10. The molecule has 0 aliphatic heterocycles. The molecule has 0 unspecified atom stereocenters. The highest BCUT2D eigenvalue weighted by Crippen LogP contribution is 2.20. The summed E-state index contributed by atoms with van der Waals surface area (Å²) >= 11 is 0. The fourth-order valence-corrected chi connectivity index (χ4v) is 4.35. The van der Waals surface area contributed by atoms with Crippen LogP contribution in [0.2, 0.25) is 0 Å². The van der Waals surface area contributed by atoms with Crippen LogP contribution in [0, 0.1) is 0 Å². The van der Waals surface area contributed by atoms with Gasteiger partial charge in [0.2, 0.25) is 0 Å². The van der Waals surface area contributed by atoms with E-state index in [2.05, 4.69) is 14.9 Å². The van der Waals surface area contributed by atoms with Crippen molar-refractivity contribution in [3.8, 4) is 5.75 Å². The Kier molecular flexibility index (Phi) is 8.08. The normalized spacial score (nSPS) is 11.3. The van der Waals surface area contributed by atoms with E-state index in [1.165, 1.54) is 12.1 Å². The number of hydrogen-bond donors (Lipinski definition) is 2. The zero-order valence-corrected chi connectivity index (χ0v) is 19.9. The molecule has 8 heteroatoms. The fourth-order valence-electron chi connectivity index (χ4n) is 3.29. The Bertz CT molecular complexity index is 1180. The minimum atomic E-state index is -3.75. The summed E-state index contributed by atoms with van der Waals surface area (Å²) < 4.78 is 33.1. The van der Waals surface area contributed by atoms with Gasteiger partial charge in [-0.3, -0.25) is 9.52 Å². The van der Waals surface area contributed by atoms with Gasteiger partial charge in [0.25, 0.3) is 15.9 Å². The number of amides is 1. The van der Waals surface area contributed by atoms with Crippen molar-refractivity contribution in [1.82, 2.24) is 10.2 Å². The van der Waals surface area contributed by atoms with Gasteiger partial charge in [0, 0.05) is 24.3 Å². The van der Waals surface area contributed by atoms with Crippen LogP contribution in [0.3, 0.4) is 0 Å². The SMILES string of the molecule is CCOc1ccc(S(=O)(=O)Nc2ccc(C(=O)NCc3ccccc3CN(C)C)cc2)cc1. The first kappa shape index (κ1) is 24.3. The van der Waals surface area contributed by atoms with E-state index in [1.54, 1.807) is 36.4 Å². The number of anilines is 1. The van der Waals surface area contributed by atoms with Gasteiger partial charge in [0.1, 0.15) is 5.75 Å². The highest BCUT2D eigenvalue weighted by atomic mass is 32.2. The van der Waals surface area contributed by atoms with Crippen molar-refractivity contribution in [2.24, 2.45) is 0 Å². The summed E-state index contributed by atoms with van der Waals surface area (Å²) in [6, 6.07) is 20.5. The summed E-state index contributed by atoms with van der Waals surface area (Å²) in [6.45, 7) is 3.57. The highest BCUT2D eigenvalue weighted by Gasteiger charge is 2.15. The van der Waals surface area contributed by atoms with Gasteiger partial charge in [0.05, 0.1) is 11.5 Å². The topological polar surface area (TPSA) is 87.7 Å². The van der Waals surface area contributed by atoms with Crippen molar-refractivity contribution in [3.63, 3.8) is 0 Å². The number of ether oxygens (including phenoxy) is 1. The average Bonchev–Trinajstić information content (AvgIpc) is 2.79. The summed E-state index contributed by atoms with van der Waals surface area (Å²) in [4.78, 5) is 14.8. The van der Waals surface area contributed by atoms with E-state index < -0.39 is 10.0 Å². The maximum absolute atomic E-state index is 12.6. The average molecular weight is 468 g/mol. The molecule has 3 aromatic rings. The minimum Gasteiger partial charge on any atom is -0.494 e. The van der Waals surface area contributed by atoms with Crippen LogP contribution < -0.4 is 14.8 Å². The van der Waals surface area contributed by atoms with Crippen LogP contribution in [-0.2, 0) is 23.1 Å². The third kappa shape index (κ3) is 6.81. The van der Waals surface area contributed by atoms with Gasteiger partial charge in [-0.25, -0.2) is 8.42 Å². The molecule has 174 valence electrons. The third-order valence-electron chi connectivity index (χ3n) is 4.89. The van der Waals surface area contributed by atoms with Crippen molar-refractivity contribution >= 4 is 21.6 Å². The number of carbonyl (C=O) groups is 1. The van der Waals surface area contributed by atoms with Gasteiger partial charge in [-0.2, -0.15) is 0 Å². The molecule has 0 aliphatic carbocycles. The van der Waals surface area contributed by atoms with Gasteiger partial charge in [0.15, 0.2) is 0 Å². The van der Waals surface area contributed by atoms with Crippen molar-refractivity contribution in [1.29, 1.82) is 0 Å². The Labute approximate surface area is 195 Å². The van der Waals surface area contributed by atoms with E-state index in [4.69, 9.17) is 4.74 Å². The van der Waals surface area contributed by atoms with E-state index in [1.807, 2.05) is 45.3 Å². The second-order valence-corrected chi connectivity index (χ2v) is 9.46. The quantitative estimate of drug-likeness (QED) is 0.473. The lowest BCUT2D eigenvalue weighted by molar-refractivity contribution is 0.0951. The number of hydrogen-bond acceptors (Lipinski definition) is 5. The Morgan fingerprint density at radius 3 is 2.15 bits per heavy atom. The molecule has 0 atom stereocenters. The van der Waals surface area contributed by atoms with Crippen LogP contribution in [0.5, 0.6) is 5.75 Å². The van der Waals surface area contributed by atoms with E-state index in [0.717, 1.165) is 17.7 Å². The molecule has 0 bridgehead atoms. The molecular formula is C25H29N3O4S. The smallest absolute Gasteiger partial charge is 0.261 e. The van der Waals surface area contributed by atoms with E-state index in [-0.39, 0.29) is 10.8 Å². The molecule has 3 rings (SSSR count). The lowest BCUT2D eigenvalue weighted by Crippen LogP contribution is -2.24. The second kappa shape index (κ2) is 11.0. The molecule has 0 saturated heterocycles. The standard InChI is InChI=1S/C25H29N3O4S/c1-4-32-23-13-15-24(16-14-23)33(30,31)27-22-11-9-19(10-12-22)25(29)26-17-20-7-5-6-8-21(20)18-28(2)3/h5-16,27H,4,17-18H2,1-3H3,(H,26,29). The van der Waals surface area contributed by atoms with Gasteiger partial charge in [-0.15, -0.1) is 0 Å². The van der Waals surface area contributed by atoms with E-state index in [9.17, 15) is 13.2 Å². The molecule has 1 amide bonds. The van der Waals surface area contributed by atoms with Gasteiger partial charge < -0.3 is 15.0 Å². The molecule has 0 fully saturated rings. The minimum absolute atomic E-state index is 0.129. The van der Waals surface area contributed by atoms with E-state index >= 15 is 0 Å². The molecule has 2 N–H and O–H groups in total. The van der Waals surface area contributed by atoms with Crippen LogP contribution in [0.15, 0.2) is 77.7 Å². The molecule has 0 aliphatic rings. The van der Waals surface area contributed by atoms with Crippen molar-refractivity contribution in [3.05, 3.63) is 89.5 Å². The number of carbonyl (C=O) groups excluding carboxylic acids is 1. The summed E-state index contributed by atoms with van der Waals surface area (Å²) in [7, 11) is 0.253. The monoisotopic (exact) mass is 467 g/mol. The van der Waals surface area contributed by atoms with Crippen LogP contribution >= 0.6 is 0 Å². The molecular weight excluding hydrogens is 438 g/mol. The molecule has 0 radical (unpaired) electrons. The Morgan fingerprint density at radius 1 is 0.909 bits per heavy atom. The number of nitrogens with one attached hydrogen (secondary N) is 2. The van der Waals surface area contributed by atoms with Gasteiger partial charge in [-0.1, -0.05) is 24.3 Å². The Morgan fingerprint density at radius 2 is 1.55 bits per heavy atom. The largest absolute Gasteiger partial charge is 0.494 e. The molecule has 7 nitrogen and oxygen atoms in total. The van der Waals surface area contributed by atoms with Crippen LogP contribution in [0.1, 0.15) is 28.4 Å². The zero-order chi connectivity index (χ0) is 23.8. The molecule has 33 heavy (non-hydrogen) atoms. The van der Waals surface area contributed by atoms with Crippen molar-refractivity contribution < 1.29 is 17.9 Å². The summed E-state index contributed by atoms with van der Waals surface area (Å²) in [5.41, 5.74) is 3.03.